The van der Waals surface area contributed by atoms with Gasteiger partial charge in [0, 0.05) is 35.9 Å². The minimum absolute atomic E-state index is 0.205. The van der Waals surface area contributed by atoms with Crippen molar-refractivity contribution >= 4 is 10.9 Å². The Balaban J connectivity index is 1.56. The predicted octanol–water partition coefficient (Wildman–Crippen LogP) is 4.88. The van der Waals surface area contributed by atoms with Gasteiger partial charge in [-0.1, -0.05) is 54.6 Å². The summed E-state index contributed by atoms with van der Waals surface area (Å²) in [5.74, 6) is 1.18. The van der Waals surface area contributed by atoms with Gasteiger partial charge in [0.05, 0.1) is 18.6 Å². The van der Waals surface area contributed by atoms with Gasteiger partial charge in [-0.3, -0.25) is 4.98 Å². The number of quaternary nitrogens is 1. The molecule has 0 aliphatic carbocycles. The van der Waals surface area contributed by atoms with E-state index in [1.165, 1.54) is 12.0 Å². The Labute approximate surface area is 172 Å². The summed E-state index contributed by atoms with van der Waals surface area (Å²) in [4.78, 5) is 4.50. The maximum Gasteiger partial charge on any atom is 0.131 e. The normalized spacial score (nSPS) is 29.6. The van der Waals surface area contributed by atoms with Crippen LogP contribution in [-0.2, 0) is 6.54 Å². The average molecular weight is 386 g/mol. The predicted molar refractivity (Wildman–Crippen MR) is 117 cm³/mol. The molecule has 3 aromatic rings. The van der Waals surface area contributed by atoms with Crippen LogP contribution in [0, 0.1) is 11.8 Å². The lowest BCUT2D eigenvalue weighted by Crippen LogP contribution is -2.67. The smallest absolute Gasteiger partial charge is 0.131 e. The van der Waals surface area contributed by atoms with E-state index >= 15 is 0 Å². The Morgan fingerprint density at radius 1 is 1.10 bits per heavy atom. The first-order valence-corrected chi connectivity index (χ1v) is 10.7. The van der Waals surface area contributed by atoms with Crippen LogP contribution in [0.1, 0.15) is 30.1 Å². The van der Waals surface area contributed by atoms with Crippen LogP contribution >= 0.6 is 0 Å². The van der Waals surface area contributed by atoms with E-state index in [1.807, 2.05) is 30.5 Å². The standard InChI is InChI=1S/C26H29N2O/c1-2-20-18-28(17-19-8-4-3-5-9-19)15-13-21(20)16-25(28)26(29)23-12-14-27-24-11-7-6-10-22(23)24/h2-12,14,20-21,25-26,29H,1,13,15-18H2/q+1/t20?,21?,25-,26-,28?/m1/s1. The summed E-state index contributed by atoms with van der Waals surface area (Å²) in [6.07, 6.45) is 5.79. The van der Waals surface area contributed by atoms with E-state index in [0.29, 0.717) is 11.8 Å². The van der Waals surface area contributed by atoms with E-state index in [9.17, 15) is 5.11 Å². The molecule has 29 heavy (non-hydrogen) atoms. The SMILES string of the molecule is C=CC1C[N+]2(Cc3ccccc3)CCC1C[C@@H]2[C@H](O)c1ccnc2ccccc12. The number of rotatable bonds is 5. The molecule has 3 saturated heterocycles. The summed E-state index contributed by atoms with van der Waals surface area (Å²) >= 11 is 0. The molecule has 0 spiro atoms. The van der Waals surface area contributed by atoms with E-state index in [4.69, 9.17) is 0 Å². The fourth-order valence-corrected chi connectivity index (χ4v) is 5.91. The van der Waals surface area contributed by atoms with Crippen molar-refractivity contribution in [3.63, 3.8) is 0 Å². The summed E-state index contributed by atoms with van der Waals surface area (Å²) in [7, 11) is 0. The topological polar surface area (TPSA) is 33.1 Å². The summed E-state index contributed by atoms with van der Waals surface area (Å²) in [5, 5.41) is 12.8. The maximum absolute atomic E-state index is 11.7. The monoisotopic (exact) mass is 385 g/mol. The molecule has 1 N–H and O–H groups in total. The van der Waals surface area contributed by atoms with E-state index in [2.05, 4.69) is 54.0 Å². The van der Waals surface area contributed by atoms with Crippen molar-refractivity contribution in [3.05, 3.63) is 90.6 Å². The van der Waals surface area contributed by atoms with E-state index < -0.39 is 6.10 Å². The minimum atomic E-state index is -0.486. The second kappa shape index (κ2) is 7.40. The molecule has 2 bridgehead atoms. The molecule has 4 heterocycles. The highest BCUT2D eigenvalue weighted by Gasteiger charge is 2.53. The van der Waals surface area contributed by atoms with Crippen LogP contribution in [0.3, 0.4) is 0 Å². The lowest BCUT2D eigenvalue weighted by molar-refractivity contribution is -0.984. The third-order valence-electron chi connectivity index (χ3n) is 7.38. The third-order valence-corrected chi connectivity index (χ3v) is 7.38. The molecule has 1 aromatic heterocycles. The number of benzene rings is 2. The molecule has 3 heteroatoms. The molecule has 3 fully saturated rings. The number of fused-ring (bicyclic) bond motifs is 4. The number of aliphatic hydroxyl groups excluding tert-OH is 1. The van der Waals surface area contributed by atoms with Crippen molar-refractivity contribution < 1.29 is 9.59 Å². The van der Waals surface area contributed by atoms with Gasteiger partial charge >= 0.3 is 0 Å². The Bertz CT molecular complexity index is 1010. The Morgan fingerprint density at radius 2 is 1.90 bits per heavy atom. The molecule has 2 aromatic carbocycles. The lowest BCUT2D eigenvalue weighted by atomic mass is 9.71. The van der Waals surface area contributed by atoms with Gasteiger partial charge in [0.15, 0.2) is 0 Å². The van der Waals surface area contributed by atoms with Gasteiger partial charge in [-0.05, 0) is 23.6 Å². The second-order valence-electron chi connectivity index (χ2n) is 8.88. The zero-order valence-corrected chi connectivity index (χ0v) is 16.8. The average Bonchev–Trinajstić information content (AvgIpc) is 2.78. The number of nitrogens with zero attached hydrogens (tertiary/aromatic N) is 2. The summed E-state index contributed by atoms with van der Waals surface area (Å²) in [5.41, 5.74) is 3.33. The molecule has 3 unspecified atom stereocenters. The van der Waals surface area contributed by atoms with Crippen LogP contribution in [0.2, 0.25) is 0 Å². The number of aromatic nitrogens is 1. The third kappa shape index (κ3) is 3.19. The molecule has 0 amide bonds. The van der Waals surface area contributed by atoms with Gasteiger partial charge in [0.25, 0.3) is 0 Å². The molecule has 3 aliphatic heterocycles. The van der Waals surface area contributed by atoms with Crippen LogP contribution in [0.25, 0.3) is 10.9 Å². The van der Waals surface area contributed by atoms with E-state index in [1.54, 1.807) is 0 Å². The largest absolute Gasteiger partial charge is 0.382 e. The highest BCUT2D eigenvalue weighted by Crippen LogP contribution is 2.47. The van der Waals surface area contributed by atoms with Gasteiger partial charge < -0.3 is 9.59 Å². The van der Waals surface area contributed by atoms with Crippen molar-refractivity contribution in [1.82, 2.24) is 4.98 Å². The molecule has 0 radical (unpaired) electrons. The maximum atomic E-state index is 11.7. The molecule has 6 rings (SSSR count). The van der Waals surface area contributed by atoms with Gasteiger partial charge in [-0.25, -0.2) is 0 Å². The molecular formula is C26H29N2O+. The minimum Gasteiger partial charge on any atom is -0.382 e. The number of hydrogen-bond acceptors (Lipinski definition) is 2. The van der Waals surface area contributed by atoms with E-state index in [0.717, 1.165) is 47.0 Å². The zero-order valence-electron chi connectivity index (χ0n) is 16.8. The van der Waals surface area contributed by atoms with Crippen molar-refractivity contribution in [1.29, 1.82) is 0 Å². The van der Waals surface area contributed by atoms with Crippen molar-refractivity contribution in [2.24, 2.45) is 11.8 Å². The first-order chi connectivity index (χ1) is 14.2. The van der Waals surface area contributed by atoms with E-state index in [-0.39, 0.29) is 6.04 Å². The van der Waals surface area contributed by atoms with Crippen LogP contribution in [0.4, 0.5) is 0 Å². The summed E-state index contributed by atoms with van der Waals surface area (Å²) in [6, 6.07) is 21.2. The fraction of sp³-hybridized carbons (Fsp3) is 0.346. The Hall–Kier alpha value is -2.49. The molecule has 3 nitrogen and oxygen atoms in total. The Kier molecular flexibility index (Phi) is 4.73. The number of piperidine rings is 3. The Morgan fingerprint density at radius 3 is 2.72 bits per heavy atom. The zero-order chi connectivity index (χ0) is 19.8. The van der Waals surface area contributed by atoms with Crippen molar-refractivity contribution in [2.75, 3.05) is 13.1 Å². The summed E-state index contributed by atoms with van der Waals surface area (Å²) < 4.78 is 0.953. The van der Waals surface area contributed by atoms with Gasteiger partial charge in [0.2, 0.25) is 0 Å². The van der Waals surface area contributed by atoms with Crippen molar-refractivity contribution in [2.45, 2.75) is 31.5 Å². The number of para-hydroxylation sites is 1. The molecule has 0 saturated carbocycles. The number of pyridine rings is 1. The number of hydrogen-bond donors (Lipinski definition) is 1. The quantitative estimate of drug-likeness (QED) is 0.502. The van der Waals surface area contributed by atoms with Gasteiger partial charge in [-0.2, -0.15) is 0 Å². The van der Waals surface area contributed by atoms with Gasteiger partial charge in [-0.15, -0.1) is 6.58 Å². The highest BCUT2D eigenvalue weighted by molar-refractivity contribution is 5.82. The molecule has 5 atom stereocenters. The lowest BCUT2D eigenvalue weighted by Gasteiger charge is -2.58. The second-order valence-corrected chi connectivity index (χ2v) is 8.88. The molecule has 3 aliphatic rings. The van der Waals surface area contributed by atoms with Crippen LogP contribution in [0.5, 0.6) is 0 Å². The van der Waals surface area contributed by atoms with Crippen LogP contribution < -0.4 is 0 Å². The van der Waals surface area contributed by atoms with Crippen LogP contribution in [0.15, 0.2) is 79.5 Å². The highest BCUT2D eigenvalue weighted by atomic mass is 16.3. The number of aliphatic hydroxyl groups is 1. The molecule has 148 valence electrons. The fourth-order valence-electron chi connectivity index (χ4n) is 5.91. The van der Waals surface area contributed by atoms with Crippen molar-refractivity contribution in [3.8, 4) is 0 Å². The summed E-state index contributed by atoms with van der Waals surface area (Å²) in [6.45, 7) is 7.32. The molecular weight excluding hydrogens is 356 g/mol. The van der Waals surface area contributed by atoms with Crippen LogP contribution in [-0.4, -0.2) is 33.7 Å². The first kappa shape index (κ1) is 18.5. The first-order valence-electron chi connectivity index (χ1n) is 10.7. The van der Waals surface area contributed by atoms with Gasteiger partial charge in [0.1, 0.15) is 18.7 Å².